The number of rotatable bonds is 10. The molecule has 2 saturated heterocycles. The van der Waals surface area contributed by atoms with E-state index in [1.807, 2.05) is 19.2 Å². The Morgan fingerprint density at radius 2 is 1.72 bits per heavy atom. The Morgan fingerprint density at radius 3 is 2.34 bits per heavy atom. The van der Waals surface area contributed by atoms with E-state index in [0.29, 0.717) is 12.0 Å². The van der Waals surface area contributed by atoms with Gasteiger partial charge < -0.3 is 24.4 Å². The molecular weight excluding hydrogens is 404 g/mol. The van der Waals surface area contributed by atoms with Crippen LogP contribution in [-0.4, -0.2) is 89.1 Å². The minimum absolute atomic E-state index is 0.372. The summed E-state index contributed by atoms with van der Waals surface area (Å²) in [6.07, 6.45) is 5.94. The van der Waals surface area contributed by atoms with Crippen molar-refractivity contribution in [3.63, 3.8) is 0 Å². The Balaban J connectivity index is 1.32. The van der Waals surface area contributed by atoms with Gasteiger partial charge in [-0.3, -0.25) is 9.89 Å². The predicted octanol–water partition coefficient (Wildman–Crippen LogP) is 3.00. The van der Waals surface area contributed by atoms with Gasteiger partial charge in [0.25, 0.3) is 0 Å². The molecule has 3 rings (SSSR count). The fraction of sp³-hybridized carbons (Fsp3) is 0.720. The lowest BCUT2D eigenvalue weighted by Gasteiger charge is -2.36. The van der Waals surface area contributed by atoms with Gasteiger partial charge in [-0.15, -0.1) is 0 Å². The molecule has 180 valence electrons. The quantitative estimate of drug-likeness (QED) is 0.339. The molecule has 2 heterocycles. The SMILES string of the molecule is CN=C(NCC1CCN(Cc2ccc(OC)cc2)CC1)N1CCC(OCCCOC)CC1. The zero-order chi connectivity index (χ0) is 22.6. The average Bonchev–Trinajstić information content (AvgIpc) is 2.84. The lowest BCUT2D eigenvalue weighted by Crippen LogP contribution is -2.48. The van der Waals surface area contributed by atoms with E-state index in [2.05, 4.69) is 32.2 Å². The highest BCUT2D eigenvalue weighted by molar-refractivity contribution is 5.79. The van der Waals surface area contributed by atoms with E-state index in [0.717, 1.165) is 83.5 Å². The summed E-state index contributed by atoms with van der Waals surface area (Å²) < 4.78 is 16.3. The Hall–Kier alpha value is -1.83. The summed E-state index contributed by atoms with van der Waals surface area (Å²) >= 11 is 0. The summed E-state index contributed by atoms with van der Waals surface area (Å²) in [5.41, 5.74) is 1.36. The fourth-order valence-electron chi connectivity index (χ4n) is 4.59. The van der Waals surface area contributed by atoms with Crippen molar-refractivity contribution in [1.82, 2.24) is 15.1 Å². The second-order valence-electron chi connectivity index (χ2n) is 8.90. The third-order valence-corrected chi connectivity index (χ3v) is 6.62. The summed E-state index contributed by atoms with van der Waals surface area (Å²) in [4.78, 5) is 9.49. The molecule has 2 fully saturated rings. The van der Waals surface area contributed by atoms with Gasteiger partial charge in [-0.1, -0.05) is 12.1 Å². The summed E-state index contributed by atoms with van der Waals surface area (Å²) in [7, 11) is 5.35. The number of ether oxygens (including phenoxy) is 3. The molecule has 0 aliphatic carbocycles. The molecule has 0 radical (unpaired) electrons. The molecule has 0 saturated carbocycles. The molecule has 0 aromatic heterocycles. The predicted molar refractivity (Wildman–Crippen MR) is 129 cm³/mol. The van der Waals surface area contributed by atoms with Crippen LogP contribution in [0.25, 0.3) is 0 Å². The van der Waals surface area contributed by atoms with Crippen LogP contribution in [0.4, 0.5) is 0 Å². The number of nitrogens with zero attached hydrogens (tertiary/aromatic N) is 3. The zero-order valence-corrected chi connectivity index (χ0v) is 20.2. The summed E-state index contributed by atoms with van der Waals surface area (Å²) in [5, 5.41) is 3.65. The number of piperidine rings is 2. The van der Waals surface area contributed by atoms with Gasteiger partial charge in [0.1, 0.15) is 5.75 Å². The Morgan fingerprint density at radius 1 is 1.00 bits per heavy atom. The highest BCUT2D eigenvalue weighted by atomic mass is 16.5. The van der Waals surface area contributed by atoms with Gasteiger partial charge in [-0.05, 0) is 68.8 Å². The summed E-state index contributed by atoms with van der Waals surface area (Å²) in [6.45, 7) is 7.93. The standard InChI is InChI=1S/C25H42N4O3/c1-26-25(29-15-11-24(12-16-29)32-18-4-17-30-2)27-19-21-9-13-28(14-10-21)20-22-5-7-23(31-3)8-6-22/h5-8,21,24H,4,9-20H2,1-3H3,(H,26,27). The third-order valence-electron chi connectivity index (χ3n) is 6.62. The number of guanidine groups is 1. The van der Waals surface area contributed by atoms with Crippen LogP contribution in [0.15, 0.2) is 29.3 Å². The molecular formula is C25H42N4O3. The van der Waals surface area contributed by atoms with Crippen molar-refractivity contribution in [3.05, 3.63) is 29.8 Å². The minimum atomic E-state index is 0.372. The first-order valence-corrected chi connectivity index (χ1v) is 12.1. The van der Waals surface area contributed by atoms with Crippen LogP contribution >= 0.6 is 0 Å². The van der Waals surface area contributed by atoms with E-state index in [1.54, 1.807) is 14.2 Å². The maximum Gasteiger partial charge on any atom is 0.193 e. The zero-order valence-electron chi connectivity index (χ0n) is 20.2. The molecule has 0 unspecified atom stereocenters. The molecule has 0 bridgehead atoms. The number of hydrogen-bond acceptors (Lipinski definition) is 5. The summed E-state index contributed by atoms with van der Waals surface area (Å²) in [6, 6.07) is 8.44. The topological polar surface area (TPSA) is 58.6 Å². The van der Waals surface area contributed by atoms with Crippen molar-refractivity contribution in [1.29, 1.82) is 0 Å². The first kappa shape index (κ1) is 24.8. The normalized spacial score (nSPS) is 19.3. The van der Waals surface area contributed by atoms with Crippen molar-refractivity contribution in [2.24, 2.45) is 10.9 Å². The molecule has 0 atom stereocenters. The van der Waals surface area contributed by atoms with Gasteiger partial charge in [0.2, 0.25) is 0 Å². The first-order chi connectivity index (χ1) is 15.7. The molecule has 1 N–H and O–H groups in total. The fourth-order valence-corrected chi connectivity index (χ4v) is 4.59. The molecule has 32 heavy (non-hydrogen) atoms. The van der Waals surface area contributed by atoms with Crippen LogP contribution in [0.2, 0.25) is 0 Å². The van der Waals surface area contributed by atoms with Crippen molar-refractivity contribution < 1.29 is 14.2 Å². The van der Waals surface area contributed by atoms with Crippen LogP contribution in [-0.2, 0) is 16.0 Å². The second kappa shape index (κ2) is 13.7. The monoisotopic (exact) mass is 446 g/mol. The van der Waals surface area contributed by atoms with Gasteiger partial charge in [0.15, 0.2) is 5.96 Å². The second-order valence-corrected chi connectivity index (χ2v) is 8.90. The van der Waals surface area contributed by atoms with E-state index in [9.17, 15) is 0 Å². The average molecular weight is 447 g/mol. The highest BCUT2D eigenvalue weighted by Gasteiger charge is 2.24. The van der Waals surface area contributed by atoms with Crippen LogP contribution in [0, 0.1) is 5.92 Å². The first-order valence-electron chi connectivity index (χ1n) is 12.1. The van der Waals surface area contributed by atoms with Crippen LogP contribution in [0.1, 0.15) is 37.7 Å². The van der Waals surface area contributed by atoms with E-state index in [4.69, 9.17) is 14.2 Å². The Labute approximate surface area is 194 Å². The smallest absolute Gasteiger partial charge is 0.193 e. The molecule has 2 aliphatic heterocycles. The van der Waals surface area contributed by atoms with Gasteiger partial charge >= 0.3 is 0 Å². The minimum Gasteiger partial charge on any atom is -0.497 e. The maximum atomic E-state index is 5.99. The number of hydrogen-bond donors (Lipinski definition) is 1. The van der Waals surface area contributed by atoms with Crippen LogP contribution in [0.3, 0.4) is 0 Å². The van der Waals surface area contributed by atoms with Gasteiger partial charge in [0, 0.05) is 53.6 Å². The molecule has 1 aromatic carbocycles. The molecule has 7 heteroatoms. The molecule has 2 aliphatic rings. The van der Waals surface area contributed by atoms with E-state index < -0.39 is 0 Å². The maximum absolute atomic E-state index is 5.99. The number of likely N-dealkylation sites (tertiary alicyclic amines) is 2. The van der Waals surface area contributed by atoms with Gasteiger partial charge in [0.05, 0.1) is 13.2 Å². The van der Waals surface area contributed by atoms with Gasteiger partial charge in [-0.25, -0.2) is 0 Å². The van der Waals surface area contributed by atoms with E-state index in [-0.39, 0.29) is 0 Å². The largest absolute Gasteiger partial charge is 0.497 e. The van der Waals surface area contributed by atoms with Crippen molar-refractivity contribution in [3.8, 4) is 5.75 Å². The number of methoxy groups -OCH3 is 2. The molecule has 1 aromatic rings. The number of aliphatic imine (C=N–C) groups is 1. The van der Waals surface area contributed by atoms with E-state index >= 15 is 0 Å². The van der Waals surface area contributed by atoms with Crippen molar-refractivity contribution >= 4 is 5.96 Å². The Bertz CT molecular complexity index is 666. The third kappa shape index (κ3) is 7.94. The summed E-state index contributed by atoms with van der Waals surface area (Å²) in [5.74, 6) is 2.68. The highest BCUT2D eigenvalue weighted by Crippen LogP contribution is 2.20. The number of nitrogens with one attached hydrogen (secondary N) is 1. The molecule has 0 spiro atoms. The molecule has 0 amide bonds. The number of benzene rings is 1. The lowest BCUT2D eigenvalue weighted by atomic mass is 9.96. The van der Waals surface area contributed by atoms with Gasteiger partial charge in [-0.2, -0.15) is 0 Å². The van der Waals surface area contributed by atoms with Crippen LogP contribution < -0.4 is 10.1 Å². The lowest BCUT2D eigenvalue weighted by molar-refractivity contribution is 0.00986. The van der Waals surface area contributed by atoms with Crippen molar-refractivity contribution in [2.75, 3.05) is 67.2 Å². The Kier molecular flexibility index (Phi) is 10.6. The van der Waals surface area contributed by atoms with Crippen LogP contribution in [0.5, 0.6) is 5.75 Å². The molecule has 7 nitrogen and oxygen atoms in total. The van der Waals surface area contributed by atoms with E-state index in [1.165, 1.54) is 18.4 Å². The van der Waals surface area contributed by atoms with Crippen molar-refractivity contribution in [2.45, 2.75) is 44.8 Å².